The van der Waals surface area contributed by atoms with Crippen molar-refractivity contribution in [3.63, 3.8) is 0 Å². The van der Waals surface area contributed by atoms with E-state index in [4.69, 9.17) is 14.6 Å². The summed E-state index contributed by atoms with van der Waals surface area (Å²) in [5.74, 6) is -0.482. The standard InChI is InChI=1S/C9H18O4/c1-7(2)9(11)13-6-8(4-10)5-12-3/h7-8,10H,4-6H2,1-3H3. The molecule has 0 aliphatic carbocycles. The van der Waals surface area contributed by atoms with Crippen molar-refractivity contribution in [2.24, 2.45) is 11.8 Å². The molecule has 0 aromatic rings. The Morgan fingerprint density at radius 2 is 2.00 bits per heavy atom. The molecule has 1 atom stereocenters. The lowest BCUT2D eigenvalue weighted by Crippen LogP contribution is -2.23. The average Bonchev–Trinajstić information content (AvgIpc) is 2.11. The quantitative estimate of drug-likeness (QED) is 0.617. The van der Waals surface area contributed by atoms with E-state index in [9.17, 15) is 4.79 Å². The van der Waals surface area contributed by atoms with Gasteiger partial charge in [0.2, 0.25) is 0 Å². The monoisotopic (exact) mass is 190 g/mol. The number of esters is 1. The maximum Gasteiger partial charge on any atom is 0.308 e. The van der Waals surface area contributed by atoms with Crippen molar-refractivity contribution in [3.05, 3.63) is 0 Å². The Morgan fingerprint density at radius 1 is 1.38 bits per heavy atom. The molecular formula is C9H18O4. The molecule has 78 valence electrons. The maximum atomic E-state index is 11.0. The van der Waals surface area contributed by atoms with Gasteiger partial charge >= 0.3 is 5.97 Å². The average molecular weight is 190 g/mol. The van der Waals surface area contributed by atoms with Gasteiger partial charge in [-0.25, -0.2) is 0 Å². The first kappa shape index (κ1) is 12.4. The first-order valence-corrected chi connectivity index (χ1v) is 4.38. The van der Waals surface area contributed by atoms with Crippen LogP contribution < -0.4 is 0 Å². The molecule has 0 aliphatic rings. The largest absolute Gasteiger partial charge is 0.465 e. The second kappa shape index (κ2) is 6.86. The van der Waals surface area contributed by atoms with E-state index in [1.54, 1.807) is 21.0 Å². The Hall–Kier alpha value is -0.610. The molecule has 0 heterocycles. The summed E-state index contributed by atoms with van der Waals surface area (Å²) in [4.78, 5) is 11.0. The number of aliphatic hydroxyl groups excluding tert-OH is 1. The van der Waals surface area contributed by atoms with Gasteiger partial charge in [-0.3, -0.25) is 4.79 Å². The van der Waals surface area contributed by atoms with Crippen molar-refractivity contribution in [3.8, 4) is 0 Å². The number of aliphatic hydroxyl groups is 1. The predicted octanol–water partition coefficient (Wildman–Crippen LogP) is 0.440. The fourth-order valence-corrected chi connectivity index (χ4v) is 0.756. The summed E-state index contributed by atoms with van der Waals surface area (Å²) in [6.07, 6.45) is 0. The lowest BCUT2D eigenvalue weighted by atomic mass is 10.2. The van der Waals surface area contributed by atoms with Crippen LogP contribution in [-0.2, 0) is 14.3 Å². The van der Waals surface area contributed by atoms with Gasteiger partial charge < -0.3 is 14.6 Å². The Kier molecular flexibility index (Phi) is 6.54. The predicted molar refractivity (Wildman–Crippen MR) is 48.2 cm³/mol. The van der Waals surface area contributed by atoms with Crippen LogP contribution in [-0.4, -0.2) is 38.0 Å². The second-order valence-electron chi connectivity index (χ2n) is 3.29. The third-order valence-electron chi connectivity index (χ3n) is 1.59. The van der Waals surface area contributed by atoms with Gasteiger partial charge in [0, 0.05) is 13.0 Å². The molecule has 0 spiro atoms. The highest BCUT2D eigenvalue weighted by Gasteiger charge is 2.13. The third-order valence-corrected chi connectivity index (χ3v) is 1.59. The number of methoxy groups -OCH3 is 1. The molecule has 13 heavy (non-hydrogen) atoms. The highest BCUT2D eigenvalue weighted by Crippen LogP contribution is 2.01. The van der Waals surface area contributed by atoms with E-state index in [0.29, 0.717) is 6.61 Å². The van der Waals surface area contributed by atoms with Crippen LogP contribution in [0.5, 0.6) is 0 Å². The Labute approximate surface area is 78.8 Å². The molecule has 0 radical (unpaired) electrons. The molecule has 0 bridgehead atoms. The van der Waals surface area contributed by atoms with Crippen LogP contribution >= 0.6 is 0 Å². The molecule has 0 fully saturated rings. The van der Waals surface area contributed by atoms with Crippen molar-refractivity contribution >= 4 is 5.97 Å². The smallest absolute Gasteiger partial charge is 0.308 e. The van der Waals surface area contributed by atoms with Crippen LogP contribution in [0.2, 0.25) is 0 Å². The molecule has 0 aliphatic heterocycles. The van der Waals surface area contributed by atoms with E-state index in [-0.39, 0.29) is 31.0 Å². The lowest BCUT2D eigenvalue weighted by Gasteiger charge is -2.14. The molecule has 0 amide bonds. The number of ether oxygens (including phenoxy) is 2. The molecular weight excluding hydrogens is 172 g/mol. The fraction of sp³-hybridized carbons (Fsp3) is 0.889. The summed E-state index contributed by atoms with van der Waals surface area (Å²) < 4.78 is 9.77. The van der Waals surface area contributed by atoms with Crippen LogP contribution in [0.3, 0.4) is 0 Å². The normalized spacial score (nSPS) is 13.0. The second-order valence-corrected chi connectivity index (χ2v) is 3.29. The highest BCUT2D eigenvalue weighted by atomic mass is 16.5. The van der Waals surface area contributed by atoms with Crippen molar-refractivity contribution in [2.75, 3.05) is 26.9 Å². The first-order chi connectivity index (χ1) is 6.11. The zero-order chi connectivity index (χ0) is 10.3. The molecule has 0 rings (SSSR count). The van der Waals surface area contributed by atoms with Gasteiger partial charge in [-0.05, 0) is 0 Å². The van der Waals surface area contributed by atoms with Crippen molar-refractivity contribution in [1.82, 2.24) is 0 Å². The number of hydrogen-bond acceptors (Lipinski definition) is 4. The molecule has 0 aromatic heterocycles. The highest BCUT2D eigenvalue weighted by molar-refractivity contribution is 5.71. The first-order valence-electron chi connectivity index (χ1n) is 4.38. The Balaban J connectivity index is 3.65. The minimum Gasteiger partial charge on any atom is -0.465 e. The van der Waals surface area contributed by atoms with Gasteiger partial charge in [0.15, 0.2) is 0 Å². The number of hydrogen-bond donors (Lipinski definition) is 1. The molecule has 0 aromatic carbocycles. The van der Waals surface area contributed by atoms with Crippen molar-refractivity contribution in [1.29, 1.82) is 0 Å². The summed E-state index contributed by atoms with van der Waals surface area (Å²) in [6, 6.07) is 0. The topological polar surface area (TPSA) is 55.8 Å². The minimum atomic E-state index is -0.241. The van der Waals surface area contributed by atoms with Crippen LogP contribution in [0, 0.1) is 11.8 Å². The van der Waals surface area contributed by atoms with Gasteiger partial charge in [0.05, 0.1) is 25.7 Å². The molecule has 1 unspecified atom stereocenters. The van der Waals surface area contributed by atoms with Crippen molar-refractivity contribution < 1.29 is 19.4 Å². The van der Waals surface area contributed by atoms with E-state index >= 15 is 0 Å². The summed E-state index contributed by atoms with van der Waals surface area (Å²) in [7, 11) is 1.55. The van der Waals surface area contributed by atoms with Crippen molar-refractivity contribution in [2.45, 2.75) is 13.8 Å². The van der Waals surface area contributed by atoms with Crippen LogP contribution in [0.25, 0.3) is 0 Å². The van der Waals surface area contributed by atoms with E-state index in [1.165, 1.54) is 0 Å². The minimum absolute atomic E-state index is 0.0286. The zero-order valence-electron chi connectivity index (χ0n) is 8.45. The molecule has 4 nitrogen and oxygen atoms in total. The summed E-state index contributed by atoms with van der Waals surface area (Å²) in [5, 5.41) is 8.84. The number of rotatable bonds is 6. The van der Waals surface area contributed by atoms with Crippen LogP contribution in [0.15, 0.2) is 0 Å². The molecule has 0 saturated heterocycles. The van der Waals surface area contributed by atoms with Crippen LogP contribution in [0.4, 0.5) is 0 Å². The maximum absolute atomic E-state index is 11.0. The van der Waals surface area contributed by atoms with Gasteiger partial charge in [-0.15, -0.1) is 0 Å². The number of carbonyl (C=O) groups excluding carboxylic acids is 1. The van der Waals surface area contributed by atoms with E-state index < -0.39 is 0 Å². The fourth-order valence-electron chi connectivity index (χ4n) is 0.756. The summed E-state index contributed by atoms with van der Waals surface area (Å²) in [5.41, 5.74) is 0. The van der Waals surface area contributed by atoms with Gasteiger partial charge in [-0.2, -0.15) is 0 Å². The zero-order valence-corrected chi connectivity index (χ0v) is 8.45. The van der Waals surface area contributed by atoms with E-state index in [2.05, 4.69) is 0 Å². The van der Waals surface area contributed by atoms with Gasteiger partial charge in [0.1, 0.15) is 0 Å². The molecule has 4 heteroatoms. The Bertz CT molecular complexity index is 145. The third kappa shape index (κ3) is 5.60. The van der Waals surface area contributed by atoms with Gasteiger partial charge in [0.25, 0.3) is 0 Å². The summed E-state index contributed by atoms with van der Waals surface area (Å²) >= 11 is 0. The number of carbonyl (C=O) groups is 1. The Morgan fingerprint density at radius 3 is 2.38 bits per heavy atom. The molecule has 0 saturated carbocycles. The van der Waals surface area contributed by atoms with E-state index in [1.807, 2.05) is 0 Å². The SMILES string of the molecule is COCC(CO)COC(=O)C(C)C. The summed E-state index contributed by atoms with van der Waals surface area (Å²) in [6.45, 7) is 4.14. The lowest BCUT2D eigenvalue weighted by molar-refractivity contribution is -0.149. The van der Waals surface area contributed by atoms with Gasteiger partial charge in [-0.1, -0.05) is 13.8 Å². The van der Waals surface area contributed by atoms with E-state index in [0.717, 1.165) is 0 Å². The van der Waals surface area contributed by atoms with Crippen LogP contribution in [0.1, 0.15) is 13.8 Å². The molecule has 1 N–H and O–H groups in total.